The molecule has 0 unspecified atom stereocenters. The quantitative estimate of drug-likeness (QED) is 0.552. The normalized spacial score (nSPS) is 14.7. The molecule has 1 aliphatic rings. The van der Waals surface area contributed by atoms with Crippen molar-refractivity contribution in [1.29, 1.82) is 0 Å². The number of furan rings is 1. The molecule has 0 bridgehead atoms. The third kappa shape index (κ3) is 4.44. The molecular weight excluding hydrogens is 386 g/mol. The molecule has 1 aromatic carbocycles. The zero-order valence-corrected chi connectivity index (χ0v) is 17.8. The Morgan fingerprint density at radius 1 is 1.14 bits per heavy atom. The third-order valence-corrected chi connectivity index (χ3v) is 5.55. The molecule has 8 heteroatoms. The highest BCUT2D eigenvalue weighted by Gasteiger charge is 2.15. The van der Waals surface area contributed by atoms with Gasteiger partial charge in [0.25, 0.3) is 0 Å². The monoisotopic (exact) mass is 413 g/mol. The van der Waals surface area contributed by atoms with E-state index in [0.717, 1.165) is 51.0 Å². The molecule has 29 heavy (non-hydrogen) atoms. The van der Waals surface area contributed by atoms with Crippen molar-refractivity contribution in [2.75, 3.05) is 38.3 Å². The van der Waals surface area contributed by atoms with Crippen LogP contribution in [0.3, 0.4) is 0 Å². The lowest BCUT2D eigenvalue weighted by atomic mass is 10.2. The predicted octanol–water partition coefficient (Wildman–Crippen LogP) is 3.62. The van der Waals surface area contributed by atoms with Gasteiger partial charge in [-0.1, -0.05) is 12.1 Å². The zero-order chi connectivity index (χ0) is 20.2. The van der Waals surface area contributed by atoms with Crippen LogP contribution >= 0.6 is 12.2 Å². The van der Waals surface area contributed by atoms with Gasteiger partial charge in [0.2, 0.25) is 0 Å². The van der Waals surface area contributed by atoms with E-state index in [4.69, 9.17) is 26.5 Å². The van der Waals surface area contributed by atoms with E-state index in [0.29, 0.717) is 11.4 Å². The number of nitrogens with zero attached hydrogens (tertiary/aromatic N) is 5. The summed E-state index contributed by atoms with van der Waals surface area (Å²) in [6.45, 7) is 7.76. The standard InChI is InChI=1S/C21H27N5O2S/c1-3-25-20(19-5-4-12-28-19)22-26(21(25)29)16-23(2)15-17-6-8-18(9-7-17)24-10-13-27-14-11-24/h4-9,12H,3,10-11,13-16H2,1-2H3. The van der Waals surface area contributed by atoms with Crippen LogP contribution in [0.2, 0.25) is 0 Å². The van der Waals surface area contributed by atoms with Crippen LogP contribution in [0.25, 0.3) is 11.6 Å². The summed E-state index contributed by atoms with van der Waals surface area (Å²) < 4.78 is 15.5. The van der Waals surface area contributed by atoms with Crippen molar-refractivity contribution in [3.63, 3.8) is 0 Å². The molecule has 0 radical (unpaired) electrons. The maximum atomic E-state index is 5.64. The van der Waals surface area contributed by atoms with Crippen molar-refractivity contribution >= 4 is 17.9 Å². The molecule has 3 heterocycles. The Hall–Kier alpha value is -2.42. The fraction of sp³-hybridized carbons (Fsp3) is 0.429. The van der Waals surface area contributed by atoms with Crippen molar-refractivity contribution in [2.45, 2.75) is 26.7 Å². The number of benzene rings is 1. The summed E-state index contributed by atoms with van der Waals surface area (Å²) in [7, 11) is 2.08. The Bertz CT molecular complexity index is 972. The second-order valence-electron chi connectivity index (χ2n) is 7.25. The van der Waals surface area contributed by atoms with Gasteiger partial charge in [-0.25, -0.2) is 4.68 Å². The van der Waals surface area contributed by atoms with Gasteiger partial charge in [-0.3, -0.25) is 9.47 Å². The molecule has 0 saturated carbocycles. The van der Waals surface area contributed by atoms with Crippen LogP contribution in [0.5, 0.6) is 0 Å². The van der Waals surface area contributed by atoms with Gasteiger partial charge in [0.15, 0.2) is 16.4 Å². The van der Waals surface area contributed by atoms with Crippen LogP contribution in [0, 0.1) is 4.77 Å². The van der Waals surface area contributed by atoms with Crippen molar-refractivity contribution in [3.05, 3.63) is 53.0 Å². The highest BCUT2D eigenvalue weighted by molar-refractivity contribution is 7.71. The molecule has 0 spiro atoms. The Morgan fingerprint density at radius 3 is 2.55 bits per heavy atom. The molecule has 4 rings (SSSR count). The Balaban J connectivity index is 1.43. The van der Waals surface area contributed by atoms with Crippen molar-refractivity contribution in [1.82, 2.24) is 19.2 Å². The maximum absolute atomic E-state index is 5.64. The largest absolute Gasteiger partial charge is 0.461 e. The first kappa shape index (κ1) is 19.9. The molecule has 1 saturated heterocycles. The summed E-state index contributed by atoms with van der Waals surface area (Å²) in [4.78, 5) is 4.57. The van der Waals surface area contributed by atoms with Gasteiger partial charge in [-0.2, -0.15) is 0 Å². The lowest BCUT2D eigenvalue weighted by Gasteiger charge is -2.29. The second kappa shape index (κ2) is 8.94. The Kier molecular flexibility index (Phi) is 6.13. The molecular formula is C21H27N5O2S. The molecule has 0 N–H and O–H groups in total. The summed E-state index contributed by atoms with van der Waals surface area (Å²) in [6.07, 6.45) is 1.66. The molecule has 7 nitrogen and oxygen atoms in total. The number of rotatable bonds is 7. The Morgan fingerprint density at radius 2 is 1.90 bits per heavy atom. The predicted molar refractivity (Wildman–Crippen MR) is 115 cm³/mol. The fourth-order valence-electron chi connectivity index (χ4n) is 3.63. The maximum Gasteiger partial charge on any atom is 0.199 e. The minimum atomic E-state index is 0.616. The first-order valence-electron chi connectivity index (χ1n) is 9.97. The molecule has 3 aromatic rings. The van der Waals surface area contributed by atoms with E-state index >= 15 is 0 Å². The highest BCUT2D eigenvalue weighted by Crippen LogP contribution is 2.20. The van der Waals surface area contributed by atoms with Crippen LogP contribution in [-0.4, -0.2) is 52.6 Å². The average Bonchev–Trinajstić information content (AvgIpc) is 3.38. The fourth-order valence-corrected chi connectivity index (χ4v) is 3.94. The smallest absolute Gasteiger partial charge is 0.199 e. The molecule has 2 aromatic heterocycles. The molecule has 0 atom stereocenters. The van der Waals surface area contributed by atoms with Crippen molar-refractivity contribution in [2.24, 2.45) is 0 Å². The van der Waals surface area contributed by atoms with Gasteiger partial charge in [-0.05, 0) is 56.0 Å². The minimum Gasteiger partial charge on any atom is -0.461 e. The van der Waals surface area contributed by atoms with E-state index < -0.39 is 0 Å². The van der Waals surface area contributed by atoms with E-state index in [1.54, 1.807) is 6.26 Å². The molecule has 1 aliphatic heterocycles. The van der Waals surface area contributed by atoms with E-state index in [9.17, 15) is 0 Å². The van der Waals surface area contributed by atoms with E-state index in [1.807, 2.05) is 21.4 Å². The van der Waals surface area contributed by atoms with Gasteiger partial charge in [-0.15, -0.1) is 5.10 Å². The van der Waals surface area contributed by atoms with Gasteiger partial charge >= 0.3 is 0 Å². The van der Waals surface area contributed by atoms with E-state index in [1.165, 1.54) is 11.3 Å². The van der Waals surface area contributed by atoms with Crippen LogP contribution < -0.4 is 4.90 Å². The number of aromatic nitrogens is 3. The van der Waals surface area contributed by atoms with Gasteiger partial charge in [0.05, 0.1) is 26.1 Å². The molecule has 154 valence electrons. The van der Waals surface area contributed by atoms with Crippen LogP contribution in [-0.2, 0) is 24.5 Å². The summed E-state index contributed by atoms with van der Waals surface area (Å²) in [6, 6.07) is 12.6. The molecule has 0 amide bonds. The highest BCUT2D eigenvalue weighted by atomic mass is 32.1. The van der Waals surface area contributed by atoms with Crippen LogP contribution in [0.1, 0.15) is 12.5 Å². The summed E-state index contributed by atoms with van der Waals surface area (Å²) in [5.41, 5.74) is 2.52. The first-order chi connectivity index (χ1) is 14.2. The lowest BCUT2D eigenvalue weighted by Crippen LogP contribution is -2.36. The van der Waals surface area contributed by atoms with Crippen LogP contribution in [0.4, 0.5) is 5.69 Å². The first-order valence-corrected chi connectivity index (χ1v) is 10.4. The van der Waals surface area contributed by atoms with Crippen molar-refractivity contribution < 1.29 is 9.15 Å². The topological polar surface area (TPSA) is 51.6 Å². The van der Waals surface area contributed by atoms with Crippen molar-refractivity contribution in [3.8, 4) is 11.6 Å². The summed E-state index contributed by atoms with van der Waals surface area (Å²) >= 11 is 5.64. The van der Waals surface area contributed by atoms with E-state index in [2.05, 4.69) is 48.0 Å². The lowest BCUT2D eigenvalue weighted by molar-refractivity contribution is 0.122. The van der Waals surface area contributed by atoms with Gasteiger partial charge in [0, 0.05) is 31.9 Å². The zero-order valence-electron chi connectivity index (χ0n) is 17.0. The molecule has 1 fully saturated rings. The number of ether oxygens (including phenoxy) is 1. The number of morpholine rings is 1. The number of hydrogen-bond acceptors (Lipinski definition) is 6. The average molecular weight is 414 g/mol. The Labute approximate surface area is 176 Å². The minimum absolute atomic E-state index is 0.616. The SMILES string of the molecule is CCn1c(-c2ccco2)nn(CN(C)Cc2ccc(N3CCOCC3)cc2)c1=S. The summed E-state index contributed by atoms with van der Waals surface area (Å²) in [5, 5.41) is 4.70. The van der Waals surface area contributed by atoms with E-state index in [-0.39, 0.29) is 0 Å². The third-order valence-electron chi connectivity index (χ3n) is 5.12. The second-order valence-corrected chi connectivity index (χ2v) is 7.61. The molecule has 0 aliphatic carbocycles. The summed E-state index contributed by atoms with van der Waals surface area (Å²) in [5.74, 6) is 1.50. The number of anilines is 1. The van der Waals surface area contributed by atoms with Gasteiger partial charge in [0.1, 0.15) is 0 Å². The van der Waals surface area contributed by atoms with Crippen LogP contribution in [0.15, 0.2) is 47.1 Å². The number of hydrogen-bond donors (Lipinski definition) is 0. The van der Waals surface area contributed by atoms with Gasteiger partial charge < -0.3 is 14.1 Å².